The van der Waals surface area contributed by atoms with Crippen LogP contribution in [0.15, 0.2) is 55.0 Å². The van der Waals surface area contributed by atoms with Gasteiger partial charge >= 0.3 is 12.1 Å². The van der Waals surface area contributed by atoms with Crippen molar-refractivity contribution in [1.82, 2.24) is 31.2 Å². The molecule has 1 aliphatic rings. The zero-order chi connectivity index (χ0) is 31.9. The van der Waals surface area contributed by atoms with Gasteiger partial charge in [0.1, 0.15) is 18.7 Å². The number of benzene rings is 1. The third kappa shape index (κ3) is 11.5. The number of ether oxygens (including phenoxy) is 2. The maximum atomic E-state index is 13.6. The first-order chi connectivity index (χ1) is 21.1. The molecule has 44 heavy (non-hydrogen) atoms. The Labute approximate surface area is 256 Å². The lowest BCUT2D eigenvalue weighted by Gasteiger charge is -2.26. The van der Waals surface area contributed by atoms with E-state index in [4.69, 9.17) is 9.47 Å². The van der Waals surface area contributed by atoms with Gasteiger partial charge in [-0.05, 0) is 37.7 Å². The molecule has 2 heterocycles. The number of amides is 4. The van der Waals surface area contributed by atoms with Crippen LogP contribution in [-0.2, 0) is 41.7 Å². The molecule has 0 unspecified atom stereocenters. The van der Waals surface area contributed by atoms with Gasteiger partial charge in [-0.3, -0.25) is 14.4 Å². The number of H-pyrrole nitrogens is 1. The van der Waals surface area contributed by atoms with Crippen molar-refractivity contribution in [2.45, 2.75) is 71.2 Å². The molecule has 3 rings (SSSR count). The number of aromatic amines is 1. The second-order valence-electron chi connectivity index (χ2n) is 11.0. The molecule has 1 saturated heterocycles. The SMILES string of the molecule is CCOC(=O)/C=C/[C@H](C[C@@H]1CCNC1=O)NC(=O)[C@H](CC(C)C)NC(=O)[C@H](Cc1c[nH]cn1)NC(=O)OCc1ccccc1. The molecule has 1 aromatic carbocycles. The Kier molecular flexibility index (Phi) is 13.4. The maximum Gasteiger partial charge on any atom is 0.408 e. The van der Waals surface area contributed by atoms with E-state index < -0.39 is 42.0 Å². The maximum absolute atomic E-state index is 13.6. The summed E-state index contributed by atoms with van der Waals surface area (Å²) in [6, 6.07) is 6.39. The lowest BCUT2D eigenvalue weighted by Crippen LogP contribution is -2.55. The topological polar surface area (TPSA) is 181 Å². The number of alkyl carbamates (subject to hydrolysis) is 1. The number of hydrogen-bond donors (Lipinski definition) is 5. The first-order valence-corrected chi connectivity index (χ1v) is 14.8. The first kappa shape index (κ1) is 33.8. The number of nitrogens with one attached hydrogen (secondary N) is 5. The minimum atomic E-state index is -1.09. The number of carbonyl (C=O) groups is 5. The van der Waals surface area contributed by atoms with E-state index in [1.54, 1.807) is 13.1 Å². The minimum absolute atomic E-state index is 0.0154. The van der Waals surface area contributed by atoms with Crippen molar-refractivity contribution in [1.29, 1.82) is 0 Å². The van der Waals surface area contributed by atoms with Gasteiger partial charge in [0.15, 0.2) is 0 Å². The number of esters is 1. The van der Waals surface area contributed by atoms with Crippen LogP contribution in [0.1, 0.15) is 51.3 Å². The van der Waals surface area contributed by atoms with Crippen LogP contribution in [0.4, 0.5) is 4.79 Å². The van der Waals surface area contributed by atoms with Crippen LogP contribution in [0.5, 0.6) is 0 Å². The molecule has 4 amide bonds. The highest BCUT2D eigenvalue weighted by Gasteiger charge is 2.31. The van der Waals surface area contributed by atoms with Crippen LogP contribution in [-0.4, -0.2) is 71.0 Å². The first-order valence-electron chi connectivity index (χ1n) is 14.8. The van der Waals surface area contributed by atoms with Crippen LogP contribution >= 0.6 is 0 Å². The van der Waals surface area contributed by atoms with Gasteiger partial charge in [-0.15, -0.1) is 0 Å². The molecule has 0 bridgehead atoms. The molecule has 5 N–H and O–H groups in total. The Balaban J connectivity index is 1.72. The van der Waals surface area contributed by atoms with E-state index in [1.807, 2.05) is 44.2 Å². The second-order valence-corrected chi connectivity index (χ2v) is 11.0. The smallest absolute Gasteiger partial charge is 0.408 e. The summed E-state index contributed by atoms with van der Waals surface area (Å²) in [7, 11) is 0. The summed E-state index contributed by atoms with van der Waals surface area (Å²) >= 11 is 0. The molecule has 1 aliphatic heterocycles. The van der Waals surface area contributed by atoms with Gasteiger partial charge in [-0.25, -0.2) is 14.6 Å². The van der Waals surface area contributed by atoms with Crippen molar-refractivity contribution in [2.75, 3.05) is 13.2 Å². The summed E-state index contributed by atoms with van der Waals surface area (Å²) < 4.78 is 10.3. The number of hydrogen-bond acceptors (Lipinski definition) is 8. The lowest BCUT2D eigenvalue weighted by atomic mass is 9.96. The molecule has 13 heteroatoms. The Hall–Kier alpha value is -4.68. The van der Waals surface area contributed by atoms with E-state index in [0.717, 1.165) is 5.56 Å². The third-order valence-electron chi connectivity index (χ3n) is 6.91. The van der Waals surface area contributed by atoms with Crippen molar-refractivity contribution in [3.8, 4) is 0 Å². The van der Waals surface area contributed by atoms with Gasteiger partial charge in [0.2, 0.25) is 17.7 Å². The predicted molar refractivity (Wildman–Crippen MR) is 161 cm³/mol. The van der Waals surface area contributed by atoms with Gasteiger partial charge in [-0.2, -0.15) is 0 Å². The zero-order valence-corrected chi connectivity index (χ0v) is 25.3. The van der Waals surface area contributed by atoms with Gasteiger partial charge in [0.25, 0.3) is 0 Å². The van der Waals surface area contributed by atoms with Crippen LogP contribution in [0.2, 0.25) is 0 Å². The molecule has 0 spiro atoms. The molecular formula is C31H42N6O7. The molecule has 13 nitrogen and oxygen atoms in total. The molecule has 238 valence electrons. The molecule has 0 aliphatic carbocycles. The van der Waals surface area contributed by atoms with Crippen LogP contribution in [0.3, 0.4) is 0 Å². The number of rotatable bonds is 16. The highest BCUT2D eigenvalue weighted by Crippen LogP contribution is 2.17. The second kappa shape index (κ2) is 17.4. The molecule has 2 aromatic rings. The van der Waals surface area contributed by atoms with E-state index in [9.17, 15) is 24.0 Å². The quantitative estimate of drug-likeness (QED) is 0.141. The normalized spacial score (nSPS) is 16.5. The predicted octanol–water partition coefficient (Wildman–Crippen LogP) is 1.91. The Morgan fingerprint density at radius 1 is 1.05 bits per heavy atom. The molecule has 1 fully saturated rings. The average molecular weight is 611 g/mol. The fourth-order valence-electron chi connectivity index (χ4n) is 4.73. The standard InChI is InChI=1S/C31H42N6O7/c1-4-43-27(38)11-10-23(15-22-12-13-33-28(22)39)35-29(40)25(14-20(2)3)36-30(41)26(16-24-17-32-19-34-24)37-31(42)44-18-21-8-6-5-7-9-21/h5-11,17,19-20,22-23,25-26H,4,12-16,18H2,1-3H3,(H,32,34)(H,33,39)(H,35,40)(H,36,41)(H,37,42)/b11-10+/t22-,23+,25-,26-/m0/s1. The van der Waals surface area contributed by atoms with Crippen molar-refractivity contribution in [3.63, 3.8) is 0 Å². The highest BCUT2D eigenvalue weighted by molar-refractivity contribution is 5.92. The monoisotopic (exact) mass is 610 g/mol. The Morgan fingerprint density at radius 3 is 2.43 bits per heavy atom. The lowest BCUT2D eigenvalue weighted by molar-refractivity contribution is -0.137. The fraction of sp³-hybridized carbons (Fsp3) is 0.484. The number of imidazole rings is 1. The van der Waals surface area contributed by atoms with Crippen molar-refractivity contribution >= 4 is 29.8 Å². The van der Waals surface area contributed by atoms with Gasteiger partial charge in [-0.1, -0.05) is 50.3 Å². The average Bonchev–Trinajstić information content (AvgIpc) is 3.66. The van der Waals surface area contributed by atoms with E-state index in [1.165, 1.54) is 18.5 Å². The fourth-order valence-corrected chi connectivity index (χ4v) is 4.73. The zero-order valence-electron chi connectivity index (χ0n) is 25.3. The summed E-state index contributed by atoms with van der Waals surface area (Å²) in [6.45, 7) is 6.25. The molecule has 0 radical (unpaired) electrons. The largest absolute Gasteiger partial charge is 0.463 e. The Bertz CT molecular complexity index is 1270. The summed E-state index contributed by atoms with van der Waals surface area (Å²) in [5.41, 5.74) is 1.31. The summed E-state index contributed by atoms with van der Waals surface area (Å²) in [5, 5.41) is 11.0. The van der Waals surface area contributed by atoms with E-state index in [0.29, 0.717) is 25.1 Å². The van der Waals surface area contributed by atoms with E-state index in [2.05, 4.69) is 31.2 Å². The molecule has 0 saturated carbocycles. The summed E-state index contributed by atoms with van der Waals surface area (Å²) in [6.07, 6.45) is 6.21. The minimum Gasteiger partial charge on any atom is -0.463 e. The van der Waals surface area contributed by atoms with Crippen molar-refractivity contribution in [2.24, 2.45) is 11.8 Å². The van der Waals surface area contributed by atoms with Crippen LogP contribution < -0.4 is 21.3 Å². The summed E-state index contributed by atoms with van der Waals surface area (Å²) in [5.74, 6) is -2.09. The van der Waals surface area contributed by atoms with Gasteiger partial charge in [0, 0.05) is 37.2 Å². The molecule has 1 aromatic heterocycles. The van der Waals surface area contributed by atoms with Crippen molar-refractivity contribution in [3.05, 3.63) is 66.3 Å². The van der Waals surface area contributed by atoms with Crippen molar-refractivity contribution < 1.29 is 33.4 Å². The van der Waals surface area contributed by atoms with Gasteiger partial charge < -0.3 is 35.7 Å². The highest BCUT2D eigenvalue weighted by atomic mass is 16.5. The number of nitrogens with zero attached hydrogens (tertiary/aromatic N) is 1. The van der Waals surface area contributed by atoms with Crippen LogP contribution in [0, 0.1) is 11.8 Å². The number of aromatic nitrogens is 2. The van der Waals surface area contributed by atoms with Gasteiger partial charge in [0.05, 0.1) is 18.6 Å². The summed E-state index contributed by atoms with van der Waals surface area (Å²) in [4.78, 5) is 71.0. The Morgan fingerprint density at radius 2 is 1.80 bits per heavy atom. The molecule has 4 atom stereocenters. The third-order valence-corrected chi connectivity index (χ3v) is 6.91. The van der Waals surface area contributed by atoms with E-state index in [-0.39, 0.29) is 43.8 Å². The van der Waals surface area contributed by atoms with E-state index >= 15 is 0 Å². The van der Waals surface area contributed by atoms with Crippen LogP contribution in [0.25, 0.3) is 0 Å². The number of carbonyl (C=O) groups excluding carboxylic acids is 5. The molecular weight excluding hydrogens is 568 g/mol.